The van der Waals surface area contributed by atoms with E-state index < -0.39 is 0 Å². The van der Waals surface area contributed by atoms with Gasteiger partial charge in [-0.1, -0.05) is 48.0 Å². The summed E-state index contributed by atoms with van der Waals surface area (Å²) in [4.78, 5) is 0. The first kappa shape index (κ1) is 21.3. The second-order valence-corrected chi connectivity index (χ2v) is 6.54. The molecule has 0 atom stereocenters. The van der Waals surface area contributed by atoms with Crippen LogP contribution in [-0.2, 0) is 31.9 Å². The molecule has 0 aliphatic heterocycles. The van der Waals surface area contributed by atoms with Crippen LogP contribution in [0.25, 0.3) is 21.5 Å². The molecule has 0 amide bonds. The third-order valence-corrected chi connectivity index (χ3v) is 4.80. The summed E-state index contributed by atoms with van der Waals surface area (Å²) in [6.45, 7) is 0. The Morgan fingerprint density at radius 3 is 1.41 bits per heavy atom. The van der Waals surface area contributed by atoms with E-state index in [1.165, 1.54) is 33.2 Å². The van der Waals surface area contributed by atoms with Gasteiger partial charge in [-0.3, -0.25) is 0 Å². The first-order valence-corrected chi connectivity index (χ1v) is 9.91. The molecule has 5 rings (SSSR count). The fourth-order valence-electron chi connectivity index (χ4n) is 2.78. The first-order valence-electron chi connectivity index (χ1n) is 8.91. The van der Waals surface area contributed by atoms with Crippen molar-refractivity contribution in [3.05, 3.63) is 121 Å². The summed E-state index contributed by atoms with van der Waals surface area (Å²) in [5.74, 6) is 0. The van der Waals surface area contributed by atoms with Crippen molar-refractivity contribution >= 4 is 31.8 Å². The van der Waals surface area contributed by atoms with Gasteiger partial charge in [-0.2, -0.15) is 35.0 Å². The molecular weight excluding hydrogens is 507 g/mol. The van der Waals surface area contributed by atoms with Crippen LogP contribution in [0.1, 0.15) is 5.56 Å². The summed E-state index contributed by atoms with van der Waals surface area (Å²) in [6.07, 6.45) is 0. The molecule has 2 heteroatoms. The van der Waals surface area contributed by atoms with Crippen LogP contribution in [0.4, 0.5) is 0 Å². The van der Waals surface area contributed by atoms with E-state index in [1.807, 2.05) is 16.3 Å². The van der Waals surface area contributed by atoms with Gasteiger partial charge >= 0.3 is 0 Å². The molecule has 133 valence electrons. The maximum Gasteiger partial charge on any atom is 0.0138 e. The van der Waals surface area contributed by atoms with Gasteiger partial charge in [0.15, 0.2) is 0 Å². The van der Waals surface area contributed by atoms with Crippen molar-refractivity contribution in [2.24, 2.45) is 0 Å². The van der Waals surface area contributed by atoms with Gasteiger partial charge in [0.1, 0.15) is 0 Å². The molecule has 0 unspecified atom stereocenters. The second-order valence-electron chi connectivity index (χ2n) is 6.04. The monoisotopic (exact) mass is 531 g/mol. The quantitative estimate of drug-likeness (QED) is 0.186. The Hall–Kier alpha value is -2.03. The zero-order chi connectivity index (χ0) is 18.0. The minimum atomic E-state index is 0. The SMILES string of the molecule is [Hf].[SiH2]Cc1ccccc1.c1ccc2[cH-]ccc2c1.c1ccc2[cH-]ccc2c1. The van der Waals surface area contributed by atoms with Crippen molar-refractivity contribution in [2.75, 3.05) is 0 Å². The summed E-state index contributed by atoms with van der Waals surface area (Å²) in [5.41, 5.74) is 1.42. The Kier molecular flexibility index (Phi) is 9.16. The van der Waals surface area contributed by atoms with E-state index in [2.05, 4.69) is 109 Å². The van der Waals surface area contributed by atoms with Gasteiger partial charge in [-0.15, -0.1) is 59.3 Å². The van der Waals surface area contributed by atoms with E-state index in [4.69, 9.17) is 0 Å². The maximum absolute atomic E-state index is 2.15. The van der Waals surface area contributed by atoms with Crippen LogP contribution in [0, 0.1) is 0 Å². The Balaban J connectivity index is 0.000000143. The average Bonchev–Trinajstić information content (AvgIpc) is 3.38. The largest absolute Gasteiger partial charge is 0.168 e. The van der Waals surface area contributed by atoms with E-state index in [0.29, 0.717) is 0 Å². The zero-order valence-corrected chi connectivity index (χ0v) is 20.4. The Morgan fingerprint density at radius 2 is 1.00 bits per heavy atom. The first-order chi connectivity index (χ1) is 12.9. The van der Waals surface area contributed by atoms with Crippen LogP contribution in [0.3, 0.4) is 0 Å². The minimum absolute atomic E-state index is 0. The zero-order valence-electron chi connectivity index (χ0n) is 15.4. The fraction of sp³-hybridized carbons (Fsp3) is 0.0400. The molecule has 0 aromatic heterocycles. The van der Waals surface area contributed by atoms with Gasteiger partial charge in [0, 0.05) is 36.1 Å². The Morgan fingerprint density at radius 1 is 0.556 bits per heavy atom. The van der Waals surface area contributed by atoms with Crippen LogP contribution < -0.4 is 0 Å². The van der Waals surface area contributed by atoms with E-state index in [0.717, 1.165) is 0 Å². The van der Waals surface area contributed by atoms with Crippen LogP contribution >= 0.6 is 0 Å². The molecule has 27 heavy (non-hydrogen) atoms. The molecule has 0 aliphatic rings. The van der Waals surface area contributed by atoms with Gasteiger partial charge in [0.25, 0.3) is 0 Å². The third-order valence-electron chi connectivity index (χ3n) is 4.23. The molecule has 0 aliphatic carbocycles. The summed E-state index contributed by atoms with van der Waals surface area (Å²) in [7, 11) is 1.98. The molecule has 0 heterocycles. The summed E-state index contributed by atoms with van der Waals surface area (Å²) < 4.78 is 0. The average molecular weight is 530 g/mol. The minimum Gasteiger partial charge on any atom is -0.168 e. The molecule has 0 N–H and O–H groups in total. The van der Waals surface area contributed by atoms with Crippen molar-refractivity contribution in [3.8, 4) is 0 Å². The Labute approximate surface area is 183 Å². The fourth-order valence-corrected chi connectivity index (χ4v) is 3.12. The van der Waals surface area contributed by atoms with Gasteiger partial charge in [0.05, 0.1) is 0 Å². The van der Waals surface area contributed by atoms with E-state index in [9.17, 15) is 0 Å². The number of benzene rings is 3. The van der Waals surface area contributed by atoms with E-state index in [-0.39, 0.29) is 25.8 Å². The van der Waals surface area contributed by atoms with Gasteiger partial charge < -0.3 is 0 Å². The molecule has 0 saturated heterocycles. The molecule has 0 bridgehead atoms. The standard InChI is InChI=1S/2C9H7.C7H9Si.Hf/c2*1-2-5-9-7-3-6-8(9)4-1;8-6-7-4-2-1-3-5-7;/h2*1-7H;1-5H,6,8H2;/q2*-1;;. The van der Waals surface area contributed by atoms with Gasteiger partial charge in [-0.05, 0) is 6.04 Å². The third kappa shape index (κ3) is 6.57. The van der Waals surface area contributed by atoms with Crippen molar-refractivity contribution < 1.29 is 25.8 Å². The summed E-state index contributed by atoms with van der Waals surface area (Å²) in [6, 6.07) is 41.0. The van der Waals surface area contributed by atoms with E-state index >= 15 is 0 Å². The summed E-state index contributed by atoms with van der Waals surface area (Å²) >= 11 is 0. The van der Waals surface area contributed by atoms with Crippen molar-refractivity contribution in [3.63, 3.8) is 0 Å². The summed E-state index contributed by atoms with van der Waals surface area (Å²) in [5, 5.41) is 5.32. The van der Waals surface area contributed by atoms with Crippen molar-refractivity contribution in [1.29, 1.82) is 0 Å². The maximum atomic E-state index is 2.15. The second kappa shape index (κ2) is 11.6. The van der Waals surface area contributed by atoms with Crippen LogP contribution in [0.2, 0.25) is 0 Å². The van der Waals surface area contributed by atoms with Gasteiger partial charge in [0.2, 0.25) is 0 Å². The predicted molar refractivity (Wildman–Crippen MR) is 118 cm³/mol. The number of hydrogen-bond acceptors (Lipinski definition) is 0. The molecule has 0 nitrogen and oxygen atoms in total. The number of fused-ring (bicyclic) bond motifs is 2. The molecular formula is C25H23HfSi-2. The van der Waals surface area contributed by atoms with E-state index in [1.54, 1.807) is 0 Å². The molecule has 0 fully saturated rings. The van der Waals surface area contributed by atoms with Crippen LogP contribution in [0.15, 0.2) is 115 Å². The number of hydrogen-bond donors (Lipinski definition) is 0. The van der Waals surface area contributed by atoms with Gasteiger partial charge in [-0.25, -0.2) is 0 Å². The van der Waals surface area contributed by atoms with Crippen LogP contribution in [0.5, 0.6) is 0 Å². The smallest absolute Gasteiger partial charge is 0.0138 e. The molecule has 5 aromatic rings. The molecule has 0 spiro atoms. The van der Waals surface area contributed by atoms with Crippen molar-refractivity contribution in [2.45, 2.75) is 6.04 Å². The number of rotatable bonds is 1. The molecule has 5 aromatic carbocycles. The molecule has 0 saturated carbocycles. The van der Waals surface area contributed by atoms with Crippen LogP contribution in [-0.4, -0.2) is 10.2 Å². The predicted octanol–water partition coefficient (Wildman–Crippen LogP) is 5.93. The van der Waals surface area contributed by atoms with Crippen molar-refractivity contribution in [1.82, 2.24) is 0 Å². The normalized spacial score (nSPS) is 9.52. The topological polar surface area (TPSA) is 0 Å². The molecule has 1 radical (unpaired) electrons. The Bertz CT molecular complexity index is 901.